The molecule has 2 aromatic rings. The van der Waals surface area contributed by atoms with E-state index in [2.05, 4.69) is 17.4 Å². The third kappa shape index (κ3) is 4.50. The normalized spacial score (nSPS) is 18.9. The van der Waals surface area contributed by atoms with E-state index in [0.29, 0.717) is 10.3 Å². The van der Waals surface area contributed by atoms with E-state index in [1.165, 1.54) is 5.56 Å². The van der Waals surface area contributed by atoms with Crippen molar-refractivity contribution in [3.8, 4) is 0 Å². The predicted octanol–water partition coefficient (Wildman–Crippen LogP) is 5.42. The summed E-state index contributed by atoms with van der Waals surface area (Å²) in [4.78, 5) is 12.9. The number of hydrogen-bond acceptors (Lipinski definition) is 3. The van der Waals surface area contributed by atoms with Crippen molar-refractivity contribution in [2.75, 3.05) is 18.5 Å². The number of anilines is 1. The van der Waals surface area contributed by atoms with Gasteiger partial charge < -0.3 is 10.1 Å². The SMILES string of the molecule is O=C(Nc1cccc(CSC2CCOCC2)c1)C1(c2ccc(Cl)cc2)CC1. The average Bonchev–Trinajstić information content (AvgIpc) is 3.50. The Balaban J connectivity index is 1.39. The van der Waals surface area contributed by atoms with E-state index < -0.39 is 5.41 Å². The molecule has 0 radical (unpaired) electrons. The van der Waals surface area contributed by atoms with Gasteiger partial charge in [0.15, 0.2) is 0 Å². The van der Waals surface area contributed by atoms with Crippen LogP contribution in [0.2, 0.25) is 5.02 Å². The van der Waals surface area contributed by atoms with Gasteiger partial charge in [-0.1, -0.05) is 35.9 Å². The van der Waals surface area contributed by atoms with Gasteiger partial charge >= 0.3 is 0 Å². The highest BCUT2D eigenvalue weighted by Crippen LogP contribution is 2.49. The molecule has 1 saturated heterocycles. The highest BCUT2D eigenvalue weighted by molar-refractivity contribution is 7.99. The Labute approximate surface area is 169 Å². The van der Waals surface area contributed by atoms with Crippen LogP contribution >= 0.6 is 23.4 Å². The van der Waals surface area contributed by atoms with Crippen molar-refractivity contribution in [3.63, 3.8) is 0 Å². The van der Waals surface area contributed by atoms with Gasteiger partial charge in [0.2, 0.25) is 5.91 Å². The molecular formula is C22H24ClNO2S. The zero-order chi connectivity index (χ0) is 18.7. The molecule has 27 heavy (non-hydrogen) atoms. The Morgan fingerprint density at radius 2 is 1.89 bits per heavy atom. The first-order valence-electron chi connectivity index (χ1n) is 9.51. The Bertz CT molecular complexity index is 798. The predicted molar refractivity (Wildman–Crippen MR) is 113 cm³/mol. The summed E-state index contributed by atoms with van der Waals surface area (Å²) in [7, 11) is 0. The zero-order valence-corrected chi connectivity index (χ0v) is 16.8. The summed E-state index contributed by atoms with van der Waals surface area (Å²) in [5.41, 5.74) is 2.79. The highest BCUT2D eigenvalue weighted by Gasteiger charge is 2.51. The molecule has 2 fully saturated rings. The van der Waals surface area contributed by atoms with Crippen LogP contribution in [-0.2, 0) is 20.7 Å². The lowest BCUT2D eigenvalue weighted by atomic mass is 9.95. The van der Waals surface area contributed by atoms with Gasteiger partial charge in [0.05, 0.1) is 5.41 Å². The second-order valence-electron chi connectivity index (χ2n) is 7.37. The van der Waals surface area contributed by atoms with Crippen molar-refractivity contribution in [1.82, 2.24) is 0 Å². The molecule has 1 aliphatic heterocycles. The molecular weight excluding hydrogens is 378 g/mol. The fourth-order valence-corrected chi connectivity index (χ4v) is 4.85. The van der Waals surface area contributed by atoms with Gasteiger partial charge in [0.1, 0.15) is 0 Å². The fourth-order valence-electron chi connectivity index (χ4n) is 3.59. The first-order valence-corrected chi connectivity index (χ1v) is 10.9. The summed E-state index contributed by atoms with van der Waals surface area (Å²) in [6, 6.07) is 15.9. The molecule has 0 aromatic heterocycles. The smallest absolute Gasteiger partial charge is 0.235 e. The summed E-state index contributed by atoms with van der Waals surface area (Å²) in [6.07, 6.45) is 4.04. The van der Waals surface area contributed by atoms with Crippen LogP contribution < -0.4 is 5.32 Å². The molecule has 0 atom stereocenters. The number of carbonyl (C=O) groups is 1. The molecule has 5 heteroatoms. The molecule has 0 unspecified atom stereocenters. The number of carbonyl (C=O) groups excluding carboxylic acids is 1. The van der Waals surface area contributed by atoms with Crippen LogP contribution in [0.1, 0.15) is 36.8 Å². The maximum Gasteiger partial charge on any atom is 0.235 e. The number of nitrogens with one attached hydrogen (secondary N) is 1. The molecule has 0 spiro atoms. The largest absolute Gasteiger partial charge is 0.381 e. The molecule has 1 heterocycles. The minimum absolute atomic E-state index is 0.0825. The number of rotatable bonds is 6. The minimum Gasteiger partial charge on any atom is -0.381 e. The summed E-state index contributed by atoms with van der Waals surface area (Å²) in [6.45, 7) is 1.75. The van der Waals surface area contributed by atoms with Gasteiger partial charge in [0.25, 0.3) is 0 Å². The van der Waals surface area contributed by atoms with Crippen LogP contribution in [0.4, 0.5) is 5.69 Å². The van der Waals surface area contributed by atoms with Crippen LogP contribution in [0.15, 0.2) is 48.5 Å². The van der Waals surface area contributed by atoms with E-state index >= 15 is 0 Å². The van der Waals surface area contributed by atoms with Gasteiger partial charge in [-0.15, -0.1) is 0 Å². The first kappa shape index (κ1) is 18.9. The minimum atomic E-state index is -0.391. The summed E-state index contributed by atoms with van der Waals surface area (Å²) in [5.74, 6) is 1.05. The van der Waals surface area contributed by atoms with Gasteiger partial charge in [-0.05, 0) is 61.1 Å². The Hall–Kier alpha value is -1.49. The number of thioether (sulfide) groups is 1. The van der Waals surface area contributed by atoms with Crippen LogP contribution in [0.3, 0.4) is 0 Å². The molecule has 4 rings (SSSR count). The van der Waals surface area contributed by atoms with Crippen molar-refractivity contribution in [2.24, 2.45) is 0 Å². The van der Waals surface area contributed by atoms with Gasteiger partial charge in [0, 0.05) is 34.9 Å². The van der Waals surface area contributed by atoms with Gasteiger partial charge in [-0.2, -0.15) is 11.8 Å². The number of ether oxygens (including phenoxy) is 1. The Kier molecular flexibility index (Phi) is 5.76. The van der Waals surface area contributed by atoms with E-state index in [1.807, 2.05) is 48.2 Å². The lowest BCUT2D eigenvalue weighted by Gasteiger charge is -2.21. The number of benzene rings is 2. The van der Waals surface area contributed by atoms with Crippen LogP contribution in [0.25, 0.3) is 0 Å². The molecule has 2 aliphatic rings. The van der Waals surface area contributed by atoms with Crippen LogP contribution in [0, 0.1) is 0 Å². The molecule has 1 N–H and O–H groups in total. The quantitative estimate of drug-likeness (QED) is 0.702. The second kappa shape index (κ2) is 8.26. The van der Waals surface area contributed by atoms with Crippen molar-refractivity contribution in [1.29, 1.82) is 0 Å². The maximum atomic E-state index is 12.9. The monoisotopic (exact) mass is 401 g/mol. The molecule has 1 amide bonds. The number of amides is 1. The van der Waals surface area contributed by atoms with E-state index in [0.717, 1.165) is 55.9 Å². The molecule has 142 valence electrons. The molecule has 3 nitrogen and oxygen atoms in total. The molecule has 1 aliphatic carbocycles. The van der Waals surface area contributed by atoms with Crippen LogP contribution in [0.5, 0.6) is 0 Å². The lowest BCUT2D eigenvalue weighted by Crippen LogP contribution is -2.27. The summed E-state index contributed by atoms with van der Waals surface area (Å²) < 4.78 is 5.43. The standard InChI is InChI=1S/C22H24ClNO2S/c23-18-6-4-17(5-7-18)22(10-11-22)21(25)24-19-3-1-2-16(14-19)15-27-20-8-12-26-13-9-20/h1-7,14,20H,8-13,15H2,(H,24,25). The fraction of sp³-hybridized carbons (Fsp3) is 0.409. The Morgan fingerprint density at radius 1 is 1.15 bits per heavy atom. The second-order valence-corrected chi connectivity index (χ2v) is 9.09. The van der Waals surface area contributed by atoms with E-state index in [4.69, 9.17) is 16.3 Å². The average molecular weight is 402 g/mol. The van der Waals surface area contributed by atoms with Gasteiger partial charge in [-0.25, -0.2) is 0 Å². The lowest BCUT2D eigenvalue weighted by molar-refractivity contribution is -0.118. The molecule has 0 bridgehead atoms. The van der Waals surface area contributed by atoms with Gasteiger partial charge in [-0.3, -0.25) is 4.79 Å². The molecule has 2 aromatic carbocycles. The topological polar surface area (TPSA) is 38.3 Å². The first-order chi connectivity index (χ1) is 13.2. The number of hydrogen-bond donors (Lipinski definition) is 1. The third-order valence-electron chi connectivity index (χ3n) is 5.42. The van der Waals surface area contributed by atoms with Crippen molar-refractivity contribution in [3.05, 3.63) is 64.7 Å². The molecule has 1 saturated carbocycles. The van der Waals surface area contributed by atoms with Crippen molar-refractivity contribution in [2.45, 2.75) is 42.1 Å². The van der Waals surface area contributed by atoms with Crippen molar-refractivity contribution < 1.29 is 9.53 Å². The summed E-state index contributed by atoms with van der Waals surface area (Å²) >= 11 is 7.97. The van der Waals surface area contributed by atoms with E-state index in [-0.39, 0.29) is 5.91 Å². The van der Waals surface area contributed by atoms with E-state index in [1.54, 1.807) is 0 Å². The highest BCUT2D eigenvalue weighted by atomic mass is 35.5. The van der Waals surface area contributed by atoms with Crippen LogP contribution in [-0.4, -0.2) is 24.4 Å². The number of halogens is 1. The summed E-state index contributed by atoms with van der Waals surface area (Å²) in [5, 5.41) is 4.51. The maximum absolute atomic E-state index is 12.9. The third-order valence-corrected chi connectivity index (χ3v) is 7.12. The Morgan fingerprint density at radius 3 is 2.59 bits per heavy atom. The van der Waals surface area contributed by atoms with E-state index in [9.17, 15) is 4.79 Å². The zero-order valence-electron chi connectivity index (χ0n) is 15.2. The van der Waals surface area contributed by atoms with Crippen molar-refractivity contribution >= 4 is 35.0 Å².